The summed E-state index contributed by atoms with van der Waals surface area (Å²) in [5.41, 5.74) is 0.719. The lowest BCUT2D eigenvalue weighted by molar-refractivity contribution is 0.0603. The molecule has 1 nitrogen and oxygen atoms in total. The molecule has 2 rings (SSSR count). The van der Waals surface area contributed by atoms with Gasteiger partial charge < -0.3 is 5.11 Å². The fourth-order valence-electron chi connectivity index (χ4n) is 2.81. The van der Waals surface area contributed by atoms with Gasteiger partial charge in [-0.25, -0.2) is 0 Å². The van der Waals surface area contributed by atoms with Crippen LogP contribution >= 0.6 is 0 Å². The number of rotatable bonds is 2. The molecule has 1 saturated carbocycles. The van der Waals surface area contributed by atoms with Gasteiger partial charge in [0.25, 0.3) is 0 Å². The first-order chi connectivity index (χ1) is 9.27. The molecule has 1 aromatic rings. The number of hydrogen-bond acceptors (Lipinski definition) is 1. The van der Waals surface area contributed by atoms with E-state index in [9.17, 15) is 5.11 Å². The number of aliphatic hydroxyl groups is 1. The van der Waals surface area contributed by atoms with E-state index in [1.807, 2.05) is 36.4 Å². The first-order valence-electron chi connectivity index (χ1n) is 7.14. The highest BCUT2D eigenvalue weighted by molar-refractivity contribution is 5.36. The molecule has 0 radical (unpaired) electrons. The van der Waals surface area contributed by atoms with Gasteiger partial charge >= 0.3 is 0 Å². The standard InChI is InChI=1S/C18H22O/c1-2-13-18(14-8-4-7-11-17(18)19)15-12-16-9-5-3-6-10-16/h2-3,5-6,9-10,17,19H,1,4,7-8,11,13-14H2/t17-,18-/m1/s1. The summed E-state index contributed by atoms with van der Waals surface area (Å²) in [5, 5.41) is 10.5. The van der Waals surface area contributed by atoms with Crippen molar-refractivity contribution >= 4 is 0 Å². The lowest BCUT2D eigenvalue weighted by Crippen LogP contribution is -2.32. The van der Waals surface area contributed by atoms with E-state index in [4.69, 9.17) is 0 Å². The molecule has 0 amide bonds. The van der Waals surface area contributed by atoms with Crippen molar-refractivity contribution in [1.82, 2.24) is 0 Å². The maximum Gasteiger partial charge on any atom is 0.0708 e. The highest BCUT2D eigenvalue weighted by Crippen LogP contribution is 2.38. The van der Waals surface area contributed by atoms with Crippen molar-refractivity contribution in [3.63, 3.8) is 0 Å². The molecule has 0 spiro atoms. The summed E-state index contributed by atoms with van der Waals surface area (Å²) < 4.78 is 0. The molecule has 0 heterocycles. The Morgan fingerprint density at radius 1 is 1.26 bits per heavy atom. The number of hydrogen-bond donors (Lipinski definition) is 1. The lowest BCUT2D eigenvalue weighted by atomic mass is 9.75. The SMILES string of the molecule is C=CC[C@]1(C#Cc2ccccc2)CCCCC[C@H]1O. The van der Waals surface area contributed by atoms with Gasteiger partial charge in [-0.15, -0.1) is 6.58 Å². The van der Waals surface area contributed by atoms with Crippen molar-refractivity contribution < 1.29 is 5.11 Å². The largest absolute Gasteiger partial charge is 0.392 e. The smallest absolute Gasteiger partial charge is 0.0708 e. The van der Waals surface area contributed by atoms with Crippen molar-refractivity contribution in [2.24, 2.45) is 5.41 Å². The summed E-state index contributed by atoms with van der Waals surface area (Å²) in [4.78, 5) is 0. The molecule has 1 aromatic carbocycles. The maximum absolute atomic E-state index is 10.5. The van der Waals surface area contributed by atoms with Gasteiger partial charge in [0.1, 0.15) is 0 Å². The van der Waals surface area contributed by atoms with Gasteiger partial charge in [0.05, 0.1) is 11.5 Å². The molecule has 19 heavy (non-hydrogen) atoms. The van der Waals surface area contributed by atoms with E-state index >= 15 is 0 Å². The number of benzene rings is 1. The Morgan fingerprint density at radius 3 is 2.79 bits per heavy atom. The van der Waals surface area contributed by atoms with Gasteiger partial charge in [-0.05, 0) is 31.4 Å². The zero-order valence-corrected chi connectivity index (χ0v) is 11.4. The summed E-state index contributed by atoms with van der Waals surface area (Å²) >= 11 is 0. The Morgan fingerprint density at radius 2 is 2.05 bits per heavy atom. The van der Waals surface area contributed by atoms with Crippen LogP contribution in [0.4, 0.5) is 0 Å². The van der Waals surface area contributed by atoms with Crippen LogP contribution < -0.4 is 0 Å². The van der Waals surface area contributed by atoms with Crippen molar-refractivity contribution in [3.8, 4) is 11.8 Å². The second-order valence-corrected chi connectivity index (χ2v) is 5.38. The Bertz CT molecular complexity index is 465. The number of aliphatic hydroxyl groups excluding tert-OH is 1. The zero-order valence-electron chi connectivity index (χ0n) is 11.4. The van der Waals surface area contributed by atoms with Crippen LogP contribution in [0.2, 0.25) is 0 Å². The van der Waals surface area contributed by atoms with Gasteiger partial charge in [-0.1, -0.05) is 55.4 Å². The zero-order chi connectivity index (χ0) is 13.6. The second kappa shape index (κ2) is 6.59. The van der Waals surface area contributed by atoms with Gasteiger partial charge in [-0.2, -0.15) is 0 Å². The van der Waals surface area contributed by atoms with E-state index in [1.165, 1.54) is 6.42 Å². The highest BCUT2D eigenvalue weighted by Gasteiger charge is 2.35. The molecule has 1 aliphatic carbocycles. The van der Waals surface area contributed by atoms with Gasteiger partial charge in [0.15, 0.2) is 0 Å². The van der Waals surface area contributed by atoms with Crippen molar-refractivity contribution in [1.29, 1.82) is 0 Å². The Labute approximate surface area is 116 Å². The second-order valence-electron chi connectivity index (χ2n) is 5.38. The Balaban J connectivity index is 2.28. The van der Waals surface area contributed by atoms with E-state index in [1.54, 1.807) is 0 Å². The molecule has 1 aliphatic rings. The normalized spacial score (nSPS) is 26.9. The van der Waals surface area contributed by atoms with Crippen molar-refractivity contribution in [2.45, 2.75) is 44.6 Å². The van der Waals surface area contributed by atoms with Gasteiger partial charge in [0.2, 0.25) is 0 Å². The van der Waals surface area contributed by atoms with Gasteiger partial charge in [-0.3, -0.25) is 0 Å². The minimum atomic E-state index is -0.329. The summed E-state index contributed by atoms with van der Waals surface area (Å²) in [6.07, 6.45) is 7.62. The molecule has 1 N–H and O–H groups in total. The molecule has 0 aliphatic heterocycles. The third kappa shape index (κ3) is 3.49. The van der Waals surface area contributed by atoms with Crippen molar-refractivity contribution in [2.75, 3.05) is 0 Å². The maximum atomic E-state index is 10.5. The summed E-state index contributed by atoms with van der Waals surface area (Å²) in [5.74, 6) is 6.61. The quantitative estimate of drug-likeness (QED) is 0.482. The van der Waals surface area contributed by atoms with Gasteiger partial charge in [0, 0.05) is 5.56 Å². The summed E-state index contributed by atoms with van der Waals surface area (Å²) in [6.45, 7) is 3.84. The third-order valence-electron chi connectivity index (χ3n) is 3.98. The van der Waals surface area contributed by atoms with Crippen LogP contribution in [0.25, 0.3) is 0 Å². The van der Waals surface area contributed by atoms with Crippen LogP contribution in [0.15, 0.2) is 43.0 Å². The van der Waals surface area contributed by atoms with Crippen LogP contribution in [0, 0.1) is 17.3 Å². The average Bonchev–Trinajstić information content (AvgIpc) is 2.62. The van der Waals surface area contributed by atoms with Crippen LogP contribution in [0.1, 0.15) is 44.1 Å². The average molecular weight is 254 g/mol. The van der Waals surface area contributed by atoms with E-state index in [-0.39, 0.29) is 11.5 Å². The fourth-order valence-corrected chi connectivity index (χ4v) is 2.81. The van der Waals surface area contributed by atoms with Crippen molar-refractivity contribution in [3.05, 3.63) is 48.6 Å². The van der Waals surface area contributed by atoms with E-state index in [2.05, 4.69) is 18.4 Å². The number of allylic oxidation sites excluding steroid dienone is 1. The minimum absolute atomic E-state index is 0.298. The van der Waals surface area contributed by atoms with Crippen LogP contribution in [-0.4, -0.2) is 11.2 Å². The third-order valence-corrected chi connectivity index (χ3v) is 3.98. The molecule has 1 fully saturated rings. The molecule has 100 valence electrons. The van der Waals surface area contributed by atoms with Crippen LogP contribution in [0.5, 0.6) is 0 Å². The summed E-state index contributed by atoms with van der Waals surface area (Å²) in [6, 6.07) is 10.0. The topological polar surface area (TPSA) is 20.2 Å². The molecule has 2 atom stereocenters. The van der Waals surface area contributed by atoms with E-state index in [0.717, 1.165) is 37.7 Å². The molecular formula is C18H22O. The Hall–Kier alpha value is -1.52. The summed E-state index contributed by atoms with van der Waals surface area (Å²) in [7, 11) is 0. The molecular weight excluding hydrogens is 232 g/mol. The van der Waals surface area contributed by atoms with Crippen LogP contribution in [-0.2, 0) is 0 Å². The molecule has 0 aromatic heterocycles. The van der Waals surface area contributed by atoms with Crippen LogP contribution in [0.3, 0.4) is 0 Å². The molecule has 0 unspecified atom stereocenters. The highest BCUT2D eigenvalue weighted by atomic mass is 16.3. The Kier molecular flexibility index (Phi) is 4.82. The monoisotopic (exact) mass is 254 g/mol. The van der Waals surface area contributed by atoms with E-state index < -0.39 is 0 Å². The molecule has 1 heteroatoms. The predicted octanol–water partition coefficient (Wildman–Crippen LogP) is 3.93. The first-order valence-corrected chi connectivity index (χ1v) is 7.14. The first kappa shape index (κ1) is 13.9. The molecule has 0 bridgehead atoms. The molecule has 0 saturated heterocycles. The fraction of sp³-hybridized carbons (Fsp3) is 0.444. The predicted molar refractivity (Wildman–Crippen MR) is 79.7 cm³/mol. The lowest BCUT2D eigenvalue weighted by Gasteiger charge is -2.31. The van der Waals surface area contributed by atoms with E-state index in [0.29, 0.717) is 0 Å². The minimum Gasteiger partial charge on any atom is -0.392 e.